The summed E-state index contributed by atoms with van der Waals surface area (Å²) in [6.07, 6.45) is 10.4. The molecule has 5 nitrogen and oxygen atoms in total. The average Bonchev–Trinajstić information content (AvgIpc) is 2.93. The van der Waals surface area contributed by atoms with E-state index in [1.165, 1.54) is 58.3 Å². The molecule has 0 aromatic carbocycles. The molecule has 2 aliphatic heterocycles. The second-order valence-electron chi connectivity index (χ2n) is 9.93. The van der Waals surface area contributed by atoms with Gasteiger partial charge < -0.3 is 19.5 Å². The Kier molecular flexibility index (Phi) is 23.0. The van der Waals surface area contributed by atoms with Crippen molar-refractivity contribution < 1.29 is 42.3 Å². The summed E-state index contributed by atoms with van der Waals surface area (Å²) in [4.78, 5) is 31.9. The molecule has 5 aliphatic rings. The van der Waals surface area contributed by atoms with Crippen molar-refractivity contribution in [2.75, 3.05) is 52.9 Å². The molecule has 2 heterocycles. The molecule has 3 aliphatic carbocycles. The number of nitrogens with zero attached hydrogens (tertiary/aromatic N) is 3. The van der Waals surface area contributed by atoms with Gasteiger partial charge in [0.05, 0.1) is 0 Å². The minimum Gasteiger partial charge on any atom is -0.342 e. The van der Waals surface area contributed by atoms with Crippen molar-refractivity contribution in [1.82, 2.24) is 14.7 Å². The fourth-order valence-electron chi connectivity index (χ4n) is 5.91. The van der Waals surface area contributed by atoms with Crippen molar-refractivity contribution >= 4 is 63.6 Å². The first-order valence-electron chi connectivity index (χ1n) is 14.2. The normalized spacial score (nSPS) is 28.4. The molecule has 0 spiro atoms. The summed E-state index contributed by atoms with van der Waals surface area (Å²) in [6, 6.07) is 0. The molecule has 1 amide bonds. The van der Waals surface area contributed by atoms with E-state index < -0.39 is 0 Å². The smallest absolute Gasteiger partial charge is 0.228 e. The maximum absolute atomic E-state index is 13.3. The number of aldehydes is 1. The van der Waals surface area contributed by atoms with Gasteiger partial charge in [0.1, 0.15) is 6.29 Å². The minimum absolute atomic E-state index is 0. The Balaban J connectivity index is 0. The Labute approximate surface area is 285 Å². The first-order valence-corrected chi connectivity index (χ1v) is 14.2. The summed E-state index contributed by atoms with van der Waals surface area (Å²) in [6.45, 7) is 19.9. The van der Waals surface area contributed by atoms with Crippen LogP contribution in [0.4, 0.5) is 0 Å². The number of piperazine rings is 1. The fourth-order valence-corrected chi connectivity index (χ4v) is 5.91. The largest absolute Gasteiger partial charge is 0.342 e. The van der Waals surface area contributed by atoms with Crippen LogP contribution in [0.5, 0.6) is 0 Å². The number of hydrogen-bond acceptors (Lipinski definition) is 4. The van der Waals surface area contributed by atoms with E-state index in [9.17, 15) is 9.59 Å². The molecule has 0 atom stereocenters. The van der Waals surface area contributed by atoms with E-state index in [0.717, 1.165) is 57.5 Å². The zero-order chi connectivity index (χ0) is 24.9. The zero-order valence-corrected chi connectivity index (χ0v) is 30.7. The topological polar surface area (TPSA) is 43.9 Å². The molecule has 0 unspecified atom stereocenters. The van der Waals surface area contributed by atoms with E-state index in [4.69, 9.17) is 0 Å². The molecule has 0 N–H and O–H groups in total. The van der Waals surface area contributed by atoms with Gasteiger partial charge in [-0.25, -0.2) is 0 Å². The van der Waals surface area contributed by atoms with Gasteiger partial charge in [-0.3, -0.25) is 4.79 Å². The fraction of sp³-hybridized carbons (Fsp3) is 0.929. The summed E-state index contributed by atoms with van der Waals surface area (Å²) in [5.74, 6) is 1.20. The summed E-state index contributed by atoms with van der Waals surface area (Å²) < 4.78 is 0. The molecular weight excluding hydrogens is 538 g/mol. The number of likely N-dealkylation sites (N-methyl/N-ethyl adjacent to an activating group) is 1. The van der Waals surface area contributed by atoms with Crippen LogP contribution < -0.4 is 0 Å². The number of rotatable bonds is 5. The minimum atomic E-state index is -0.128. The van der Waals surface area contributed by atoms with Crippen molar-refractivity contribution in [3.63, 3.8) is 0 Å². The van der Waals surface area contributed by atoms with Crippen LogP contribution in [0.25, 0.3) is 0 Å². The van der Waals surface area contributed by atoms with Crippen molar-refractivity contribution in [1.29, 1.82) is 0 Å². The third-order valence-electron chi connectivity index (χ3n) is 8.36. The standard InChI is InChI=1S/C22H37N3O2.3C2H6.K.Y/c1-23-14-16-24(17-15-23)11-2-19-3-12-25(13-4-19)20(27)22-8-5-21(18-26,6-9-22)7-10-22;3*1-2;;/h18-19H,2-17H2,1H3;3*1-2H3;;. The predicted octanol–water partition coefficient (Wildman–Crippen LogP) is 5.10. The molecule has 2 bridgehead atoms. The third kappa shape index (κ3) is 11.1. The van der Waals surface area contributed by atoms with Crippen LogP contribution in [0.1, 0.15) is 99.3 Å². The van der Waals surface area contributed by atoms with Crippen molar-refractivity contribution in [3.05, 3.63) is 0 Å². The zero-order valence-electron chi connectivity index (χ0n) is 24.7. The van der Waals surface area contributed by atoms with E-state index in [-0.39, 0.29) is 94.9 Å². The Bertz CT molecular complexity index is 538. The molecule has 5 rings (SSSR count). The van der Waals surface area contributed by atoms with E-state index in [0.29, 0.717) is 5.91 Å². The second-order valence-corrected chi connectivity index (χ2v) is 9.93. The summed E-state index contributed by atoms with van der Waals surface area (Å²) in [7, 11) is 2.21. The molecule has 3 saturated carbocycles. The molecule has 7 heteroatoms. The first kappa shape index (κ1) is 38.9. The first-order chi connectivity index (χ1) is 16.0. The van der Waals surface area contributed by atoms with Gasteiger partial charge in [-0.2, -0.15) is 0 Å². The number of likely N-dealkylation sites (tertiary alicyclic amines) is 1. The number of carbonyl (C=O) groups is 2. The van der Waals surface area contributed by atoms with Gasteiger partial charge in [0.25, 0.3) is 0 Å². The third-order valence-corrected chi connectivity index (χ3v) is 8.36. The molecule has 0 aromatic rings. The number of fused-ring (bicyclic) bond motifs is 3. The molecule has 5 fully saturated rings. The Hall–Kier alpha value is 1.80. The van der Waals surface area contributed by atoms with Gasteiger partial charge in [-0.05, 0) is 77.3 Å². The van der Waals surface area contributed by atoms with Gasteiger partial charge in [0, 0.05) is 134 Å². The van der Waals surface area contributed by atoms with Gasteiger partial charge in [-0.1, -0.05) is 41.5 Å². The Morgan fingerprint density at radius 1 is 0.800 bits per heavy atom. The van der Waals surface area contributed by atoms with Gasteiger partial charge >= 0.3 is 0 Å². The van der Waals surface area contributed by atoms with Crippen LogP contribution in [-0.2, 0) is 42.3 Å². The quantitative estimate of drug-likeness (QED) is 0.329. The molecule has 35 heavy (non-hydrogen) atoms. The van der Waals surface area contributed by atoms with E-state index >= 15 is 0 Å². The van der Waals surface area contributed by atoms with E-state index in [2.05, 4.69) is 21.7 Å². The van der Waals surface area contributed by atoms with Crippen molar-refractivity contribution in [2.45, 2.75) is 99.3 Å². The number of piperidine rings is 1. The van der Waals surface area contributed by atoms with Gasteiger partial charge in [0.15, 0.2) is 0 Å². The average molecular weight is 594 g/mol. The van der Waals surface area contributed by atoms with Gasteiger partial charge in [-0.15, -0.1) is 0 Å². The van der Waals surface area contributed by atoms with Crippen LogP contribution in [0, 0.1) is 16.7 Å². The monoisotopic (exact) mass is 593 g/mol. The summed E-state index contributed by atoms with van der Waals surface area (Å²) in [5, 5.41) is 0. The SMILES string of the molecule is CC.CC.CC.CN1CCN(CCC2CCN(C(=O)C34CCC(C=O)(CC3)CC4)CC2)CC1.[K].[Y]. The molecule has 0 aromatic heterocycles. The van der Waals surface area contributed by atoms with E-state index in [1.54, 1.807) is 0 Å². The van der Waals surface area contributed by atoms with E-state index in [1.807, 2.05) is 41.5 Å². The van der Waals surface area contributed by atoms with Crippen molar-refractivity contribution in [2.24, 2.45) is 16.7 Å². The maximum atomic E-state index is 13.3. The summed E-state index contributed by atoms with van der Waals surface area (Å²) >= 11 is 0. The molecule has 2 radical (unpaired) electrons. The van der Waals surface area contributed by atoms with Crippen LogP contribution >= 0.6 is 0 Å². The molecular formula is C28H55KN3O2Y. The Morgan fingerprint density at radius 2 is 1.26 bits per heavy atom. The summed E-state index contributed by atoms with van der Waals surface area (Å²) in [5.41, 5.74) is -0.213. The number of hydrogen-bond donors (Lipinski definition) is 0. The van der Waals surface area contributed by atoms with Crippen LogP contribution in [0.15, 0.2) is 0 Å². The number of carbonyl (C=O) groups excluding carboxylic acids is 2. The second kappa shape index (κ2) is 20.7. The molecule has 198 valence electrons. The van der Waals surface area contributed by atoms with Gasteiger partial charge in [0.2, 0.25) is 5.91 Å². The maximum Gasteiger partial charge on any atom is 0.228 e. The van der Waals surface area contributed by atoms with Crippen LogP contribution in [-0.4, -0.2) is 131 Å². The van der Waals surface area contributed by atoms with Crippen molar-refractivity contribution in [3.8, 4) is 0 Å². The Morgan fingerprint density at radius 3 is 1.69 bits per heavy atom. The number of amides is 1. The predicted molar refractivity (Wildman–Crippen MR) is 146 cm³/mol. The van der Waals surface area contributed by atoms with Crippen LogP contribution in [0.2, 0.25) is 0 Å². The van der Waals surface area contributed by atoms with Crippen LogP contribution in [0.3, 0.4) is 0 Å². The molecule has 2 saturated heterocycles.